The van der Waals surface area contributed by atoms with Crippen molar-refractivity contribution in [3.8, 4) is 11.1 Å². The maximum absolute atomic E-state index is 13.3. The fourth-order valence-corrected chi connectivity index (χ4v) is 6.13. The lowest BCUT2D eigenvalue weighted by atomic mass is 9.81. The van der Waals surface area contributed by atoms with E-state index in [0.717, 1.165) is 55.7 Å². The normalized spacial score (nSPS) is 23.8. The fourth-order valence-electron chi connectivity index (χ4n) is 5.72. The number of piperidine rings is 1. The molecule has 1 aromatic heterocycles. The summed E-state index contributed by atoms with van der Waals surface area (Å²) in [7, 11) is 0. The molecule has 2 aromatic rings. The Morgan fingerprint density at radius 3 is 2.47 bits per heavy atom. The van der Waals surface area contributed by atoms with Crippen LogP contribution in [0.1, 0.15) is 50.1 Å². The number of amides is 1. The second kappa shape index (κ2) is 8.26. The molecule has 2 unspecified atom stereocenters. The summed E-state index contributed by atoms with van der Waals surface area (Å²) >= 11 is 1.71. The van der Waals surface area contributed by atoms with Gasteiger partial charge < -0.3 is 9.47 Å². The fraction of sp³-hybridized carbons (Fsp3) is 0.520. The summed E-state index contributed by atoms with van der Waals surface area (Å²) in [5.74, 6) is 1.26. The molecule has 30 heavy (non-hydrogen) atoms. The van der Waals surface area contributed by atoms with Crippen molar-refractivity contribution in [2.45, 2.75) is 55.9 Å². The third kappa shape index (κ3) is 3.62. The van der Waals surface area contributed by atoms with Gasteiger partial charge in [0.1, 0.15) is 0 Å². The van der Waals surface area contributed by atoms with E-state index in [4.69, 9.17) is 0 Å². The maximum Gasteiger partial charge on any atom is 0.258 e. The van der Waals surface area contributed by atoms with Crippen molar-refractivity contribution in [1.29, 1.82) is 0 Å². The first kappa shape index (κ1) is 19.9. The molecule has 1 amide bonds. The lowest BCUT2D eigenvalue weighted by molar-refractivity contribution is -0.139. The molecule has 0 N–H and O–H groups in total. The largest absolute Gasteiger partial charge is 0.341 e. The van der Waals surface area contributed by atoms with Crippen LogP contribution in [0, 0.1) is 11.8 Å². The molecule has 1 aliphatic carbocycles. The second-order valence-corrected chi connectivity index (χ2v) is 10.1. The number of hydrogen-bond acceptors (Lipinski definition) is 3. The van der Waals surface area contributed by atoms with Gasteiger partial charge in [-0.25, -0.2) is 0 Å². The highest BCUT2D eigenvalue weighted by Gasteiger charge is 2.38. The molecule has 2 fully saturated rings. The number of pyridine rings is 1. The van der Waals surface area contributed by atoms with Crippen molar-refractivity contribution in [2.24, 2.45) is 11.8 Å². The van der Waals surface area contributed by atoms with E-state index in [1.807, 2.05) is 22.8 Å². The minimum atomic E-state index is 0.117. The second-order valence-electron chi connectivity index (χ2n) is 9.19. The molecule has 3 heterocycles. The molecule has 1 saturated carbocycles. The average molecular weight is 423 g/mol. The van der Waals surface area contributed by atoms with Gasteiger partial charge in [-0.05, 0) is 61.3 Å². The van der Waals surface area contributed by atoms with Gasteiger partial charge in [-0.15, -0.1) is 11.8 Å². The van der Waals surface area contributed by atoms with Gasteiger partial charge in [0.15, 0.2) is 0 Å². The molecule has 158 valence electrons. The SMILES string of the molecule is CSc1ccc(-c2ccc3n(c2=O)CC2CC3CN(C(=O)C3CCCCC3)C2)cc1. The van der Waals surface area contributed by atoms with Gasteiger partial charge in [0.25, 0.3) is 5.56 Å². The average Bonchev–Trinajstić information content (AvgIpc) is 2.80. The molecule has 2 aliphatic heterocycles. The van der Waals surface area contributed by atoms with Crippen LogP contribution in [0.2, 0.25) is 0 Å². The first-order valence-corrected chi connectivity index (χ1v) is 12.5. The zero-order chi connectivity index (χ0) is 20.7. The van der Waals surface area contributed by atoms with E-state index in [-0.39, 0.29) is 17.4 Å². The van der Waals surface area contributed by atoms with Gasteiger partial charge in [-0.3, -0.25) is 9.59 Å². The monoisotopic (exact) mass is 422 g/mol. The molecule has 5 heteroatoms. The first-order chi connectivity index (χ1) is 14.6. The van der Waals surface area contributed by atoms with E-state index < -0.39 is 0 Å². The van der Waals surface area contributed by atoms with Crippen LogP contribution < -0.4 is 5.56 Å². The topological polar surface area (TPSA) is 42.3 Å². The number of likely N-dealkylation sites (tertiary alicyclic amines) is 1. The van der Waals surface area contributed by atoms with Gasteiger partial charge in [-0.2, -0.15) is 0 Å². The Kier molecular flexibility index (Phi) is 5.48. The van der Waals surface area contributed by atoms with E-state index >= 15 is 0 Å². The number of fused-ring (bicyclic) bond motifs is 4. The lowest BCUT2D eigenvalue weighted by Crippen LogP contribution is -2.50. The number of thioether (sulfide) groups is 1. The van der Waals surface area contributed by atoms with Crippen molar-refractivity contribution in [2.75, 3.05) is 19.3 Å². The Morgan fingerprint density at radius 2 is 1.73 bits per heavy atom. The van der Waals surface area contributed by atoms with Crippen LogP contribution >= 0.6 is 11.8 Å². The smallest absolute Gasteiger partial charge is 0.258 e. The molecule has 0 radical (unpaired) electrons. The van der Waals surface area contributed by atoms with Crippen LogP contribution in [-0.4, -0.2) is 34.7 Å². The van der Waals surface area contributed by atoms with Crippen molar-refractivity contribution in [3.63, 3.8) is 0 Å². The van der Waals surface area contributed by atoms with Gasteiger partial charge in [0.05, 0.1) is 0 Å². The summed E-state index contributed by atoms with van der Waals surface area (Å²) in [6, 6.07) is 12.4. The van der Waals surface area contributed by atoms with Gasteiger partial charge >= 0.3 is 0 Å². The Morgan fingerprint density at radius 1 is 0.967 bits per heavy atom. The van der Waals surface area contributed by atoms with Crippen LogP contribution in [0.15, 0.2) is 46.1 Å². The number of aromatic nitrogens is 1. The highest BCUT2D eigenvalue weighted by Crippen LogP contribution is 2.37. The maximum atomic E-state index is 13.3. The van der Waals surface area contributed by atoms with Crippen LogP contribution in [-0.2, 0) is 11.3 Å². The first-order valence-electron chi connectivity index (χ1n) is 11.3. The van der Waals surface area contributed by atoms with Gasteiger partial charge in [-0.1, -0.05) is 31.4 Å². The number of nitrogens with zero attached hydrogens (tertiary/aromatic N) is 2. The van der Waals surface area contributed by atoms with E-state index in [9.17, 15) is 9.59 Å². The predicted octanol–water partition coefficient (Wildman–Crippen LogP) is 4.76. The van der Waals surface area contributed by atoms with E-state index in [1.54, 1.807) is 11.8 Å². The standard InChI is InChI=1S/C25H30N2O2S/c1-30-21-9-7-18(8-10-21)22-11-12-23-20-13-17(15-27(23)25(22)29)14-26(16-20)24(28)19-5-3-2-4-6-19/h7-12,17,19-20H,2-6,13-16H2,1H3. The Hall–Kier alpha value is -2.01. The summed E-state index contributed by atoms with van der Waals surface area (Å²) < 4.78 is 2.00. The van der Waals surface area contributed by atoms with Crippen molar-refractivity contribution >= 4 is 17.7 Å². The molecule has 2 bridgehead atoms. The highest BCUT2D eigenvalue weighted by atomic mass is 32.2. The van der Waals surface area contributed by atoms with Crippen molar-refractivity contribution < 1.29 is 4.79 Å². The molecule has 2 atom stereocenters. The third-order valence-electron chi connectivity index (χ3n) is 7.27. The highest BCUT2D eigenvalue weighted by molar-refractivity contribution is 7.98. The van der Waals surface area contributed by atoms with Crippen LogP contribution in [0.5, 0.6) is 0 Å². The number of carbonyl (C=O) groups is 1. The number of rotatable bonds is 3. The zero-order valence-corrected chi connectivity index (χ0v) is 18.5. The van der Waals surface area contributed by atoms with Gasteiger partial charge in [0.2, 0.25) is 5.91 Å². The lowest BCUT2D eigenvalue weighted by Gasteiger charge is -2.44. The minimum Gasteiger partial charge on any atom is -0.341 e. The Labute approximate surface area is 182 Å². The Bertz CT molecular complexity index is 991. The third-order valence-corrected chi connectivity index (χ3v) is 8.01. The van der Waals surface area contributed by atoms with E-state index in [1.165, 1.54) is 24.2 Å². The molecule has 1 saturated heterocycles. The number of carbonyl (C=O) groups excluding carboxylic acids is 1. The molecule has 0 spiro atoms. The van der Waals surface area contributed by atoms with E-state index in [0.29, 0.717) is 11.8 Å². The van der Waals surface area contributed by atoms with E-state index in [2.05, 4.69) is 29.4 Å². The summed E-state index contributed by atoms with van der Waals surface area (Å²) in [6.07, 6.45) is 8.91. The quantitative estimate of drug-likeness (QED) is 0.670. The molecule has 4 nitrogen and oxygen atoms in total. The Balaban J connectivity index is 1.40. The molecule has 1 aromatic carbocycles. The minimum absolute atomic E-state index is 0.117. The predicted molar refractivity (Wildman–Crippen MR) is 122 cm³/mol. The van der Waals surface area contributed by atoms with Crippen LogP contribution in [0.3, 0.4) is 0 Å². The molecule has 3 aliphatic rings. The number of hydrogen-bond donors (Lipinski definition) is 0. The zero-order valence-electron chi connectivity index (χ0n) is 17.7. The van der Waals surface area contributed by atoms with Crippen LogP contribution in [0.4, 0.5) is 0 Å². The van der Waals surface area contributed by atoms with Crippen molar-refractivity contribution in [1.82, 2.24) is 9.47 Å². The van der Waals surface area contributed by atoms with Gasteiger partial charge in [0, 0.05) is 47.6 Å². The van der Waals surface area contributed by atoms with Crippen molar-refractivity contribution in [3.05, 3.63) is 52.4 Å². The molecule has 5 rings (SSSR count). The summed E-state index contributed by atoms with van der Waals surface area (Å²) in [6.45, 7) is 2.31. The summed E-state index contributed by atoms with van der Waals surface area (Å²) in [4.78, 5) is 29.8. The number of benzene rings is 1. The molecular weight excluding hydrogens is 392 g/mol. The molecular formula is C25H30N2O2S. The van der Waals surface area contributed by atoms with Crippen LogP contribution in [0.25, 0.3) is 11.1 Å². The summed E-state index contributed by atoms with van der Waals surface area (Å²) in [5, 5.41) is 0. The summed E-state index contributed by atoms with van der Waals surface area (Å²) in [5.41, 5.74) is 2.99.